The van der Waals surface area contributed by atoms with Crippen molar-refractivity contribution in [3.63, 3.8) is 0 Å². The Morgan fingerprint density at radius 2 is 1.68 bits per heavy atom. The summed E-state index contributed by atoms with van der Waals surface area (Å²) in [5.74, 6) is -0.166. The fourth-order valence-electron chi connectivity index (χ4n) is 3.00. The largest absolute Gasteiger partial charge is 0.272 e. The van der Waals surface area contributed by atoms with Gasteiger partial charge in [0.25, 0.3) is 11.8 Å². The zero-order valence-electron chi connectivity index (χ0n) is 18.2. The van der Waals surface area contributed by atoms with E-state index < -0.39 is 11.2 Å². The van der Waals surface area contributed by atoms with E-state index >= 15 is 0 Å². The molecule has 0 saturated carbocycles. The van der Waals surface area contributed by atoms with Gasteiger partial charge < -0.3 is 0 Å². The third-order valence-electron chi connectivity index (χ3n) is 4.82. The summed E-state index contributed by atoms with van der Waals surface area (Å²) < 4.78 is 0. The number of rotatable bonds is 7. The normalized spacial score (nSPS) is 11.6. The van der Waals surface area contributed by atoms with Crippen LogP contribution in [0, 0.1) is 0 Å². The number of aromatic nitrogens is 4. The predicted molar refractivity (Wildman–Crippen MR) is 131 cm³/mol. The molecule has 4 aromatic rings. The number of thioether (sulfide) groups is 1. The molecule has 0 aliphatic rings. The maximum Gasteiger partial charge on any atom is 0.269 e. The van der Waals surface area contributed by atoms with E-state index in [1.54, 1.807) is 43.3 Å². The van der Waals surface area contributed by atoms with E-state index in [-0.39, 0.29) is 5.91 Å². The quantitative estimate of drug-likeness (QED) is 0.299. The van der Waals surface area contributed by atoms with E-state index in [0.29, 0.717) is 23.0 Å². The second kappa shape index (κ2) is 11.0. The highest BCUT2D eigenvalue weighted by Gasteiger charge is 2.16. The zero-order valence-corrected chi connectivity index (χ0v) is 19.8. The molecule has 2 amide bonds. The topological polar surface area (TPSA) is 102 Å². The lowest BCUT2D eigenvalue weighted by Crippen LogP contribution is -2.44. The van der Waals surface area contributed by atoms with Crippen molar-refractivity contribution in [2.24, 2.45) is 0 Å². The van der Waals surface area contributed by atoms with Crippen molar-refractivity contribution >= 4 is 35.2 Å². The summed E-state index contributed by atoms with van der Waals surface area (Å²) >= 11 is 7.25. The van der Waals surface area contributed by atoms with Crippen molar-refractivity contribution in [2.45, 2.75) is 23.6 Å². The van der Waals surface area contributed by atoms with Gasteiger partial charge in [0, 0.05) is 21.0 Å². The third-order valence-corrected chi connectivity index (χ3v) is 6.18. The first-order valence-corrected chi connectivity index (χ1v) is 11.7. The molecule has 0 aliphatic carbocycles. The highest BCUT2D eigenvalue weighted by atomic mass is 35.5. The van der Waals surface area contributed by atoms with Gasteiger partial charge in [-0.15, -0.1) is 22.0 Å². The van der Waals surface area contributed by atoms with E-state index in [1.807, 2.05) is 42.5 Å². The van der Waals surface area contributed by atoms with Gasteiger partial charge in [0.05, 0.1) is 11.8 Å². The molecule has 0 saturated heterocycles. The Balaban J connectivity index is 1.28. The first-order chi connectivity index (χ1) is 16.5. The molecule has 0 bridgehead atoms. The Bertz CT molecular complexity index is 1260. The molecule has 1 aromatic heterocycles. The summed E-state index contributed by atoms with van der Waals surface area (Å²) in [6.45, 7) is 2.18. The predicted octanol–water partition coefficient (Wildman–Crippen LogP) is 3.98. The van der Waals surface area contributed by atoms with Crippen molar-refractivity contribution in [2.75, 3.05) is 0 Å². The number of hydrazine groups is 1. The third kappa shape index (κ3) is 6.21. The van der Waals surface area contributed by atoms with Gasteiger partial charge in [0.2, 0.25) is 5.82 Å². The number of hydrogen-bond donors (Lipinski definition) is 2. The number of halogens is 1. The van der Waals surface area contributed by atoms with Crippen LogP contribution in [-0.2, 0) is 11.3 Å². The number of amides is 2. The van der Waals surface area contributed by atoms with Crippen LogP contribution in [0.3, 0.4) is 0 Å². The van der Waals surface area contributed by atoms with Gasteiger partial charge in [-0.25, -0.2) is 0 Å². The summed E-state index contributed by atoms with van der Waals surface area (Å²) in [4.78, 5) is 27.1. The Morgan fingerprint density at radius 1 is 0.971 bits per heavy atom. The van der Waals surface area contributed by atoms with Crippen LogP contribution < -0.4 is 10.9 Å². The molecule has 8 nitrogen and oxygen atoms in total. The molecule has 1 atom stereocenters. The lowest BCUT2D eigenvalue weighted by Gasteiger charge is -2.13. The molecule has 0 spiro atoms. The Kier molecular flexibility index (Phi) is 7.56. The van der Waals surface area contributed by atoms with Crippen LogP contribution in [0.25, 0.3) is 11.4 Å². The SMILES string of the molecule is CC(Sc1ccc(Cl)cc1)C(=O)NNC(=O)c1ccc(Cn2nnc(-c3ccccc3)n2)cc1. The molecule has 4 rings (SSSR count). The molecule has 2 N–H and O–H groups in total. The average molecular weight is 493 g/mol. The first-order valence-electron chi connectivity index (χ1n) is 10.4. The highest BCUT2D eigenvalue weighted by Crippen LogP contribution is 2.24. The summed E-state index contributed by atoms with van der Waals surface area (Å²) in [7, 11) is 0. The molecular formula is C24H21ClN6O2S. The maximum absolute atomic E-state index is 12.4. The van der Waals surface area contributed by atoms with E-state index in [4.69, 9.17) is 11.6 Å². The Hall–Kier alpha value is -3.69. The van der Waals surface area contributed by atoms with Gasteiger partial charge in [-0.1, -0.05) is 54.1 Å². The monoisotopic (exact) mass is 492 g/mol. The van der Waals surface area contributed by atoms with Crippen LogP contribution >= 0.6 is 23.4 Å². The zero-order chi connectivity index (χ0) is 23.9. The van der Waals surface area contributed by atoms with Crippen LogP contribution in [-0.4, -0.2) is 37.3 Å². The molecule has 3 aromatic carbocycles. The fourth-order valence-corrected chi connectivity index (χ4v) is 3.99. The van der Waals surface area contributed by atoms with Crippen LogP contribution in [0.1, 0.15) is 22.8 Å². The number of carbonyl (C=O) groups excluding carboxylic acids is 2. The summed E-state index contributed by atoms with van der Waals surface area (Å²) in [5, 5.41) is 12.8. The molecule has 34 heavy (non-hydrogen) atoms. The summed E-state index contributed by atoms with van der Waals surface area (Å²) in [6.07, 6.45) is 0. The standard InChI is InChI=1S/C24H21ClN6O2S/c1-16(34-21-13-11-20(25)12-14-21)23(32)27-28-24(33)19-9-7-17(8-10-19)15-31-29-22(26-30-31)18-5-3-2-4-6-18/h2-14,16H,15H2,1H3,(H,27,32)(H,28,33). The van der Waals surface area contributed by atoms with Crippen molar-refractivity contribution < 1.29 is 9.59 Å². The number of nitrogens with zero attached hydrogens (tertiary/aromatic N) is 4. The number of hydrogen-bond acceptors (Lipinski definition) is 6. The van der Waals surface area contributed by atoms with Gasteiger partial charge in [-0.05, 0) is 54.1 Å². The molecule has 10 heteroatoms. The van der Waals surface area contributed by atoms with Gasteiger partial charge in [0.1, 0.15) is 0 Å². The second-order valence-corrected chi connectivity index (χ2v) is 9.21. The van der Waals surface area contributed by atoms with E-state index in [1.165, 1.54) is 16.6 Å². The maximum atomic E-state index is 12.4. The summed E-state index contributed by atoms with van der Waals surface area (Å²) in [6, 6.07) is 23.8. The number of benzene rings is 3. The molecule has 1 unspecified atom stereocenters. The van der Waals surface area contributed by atoms with Crippen molar-refractivity contribution in [1.82, 2.24) is 31.1 Å². The molecule has 172 valence electrons. The average Bonchev–Trinajstić information content (AvgIpc) is 3.33. The Labute approximate surface area is 205 Å². The second-order valence-electron chi connectivity index (χ2n) is 7.36. The van der Waals surface area contributed by atoms with Gasteiger partial charge in [-0.3, -0.25) is 20.4 Å². The lowest BCUT2D eigenvalue weighted by molar-refractivity contribution is -0.121. The van der Waals surface area contributed by atoms with E-state index in [2.05, 4.69) is 26.3 Å². The number of nitrogens with one attached hydrogen (secondary N) is 2. The minimum atomic E-state index is -0.408. The van der Waals surface area contributed by atoms with E-state index in [0.717, 1.165) is 16.0 Å². The molecule has 0 radical (unpaired) electrons. The van der Waals surface area contributed by atoms with Crippen LogP contribution in [0.5, 0.6) is 0 Å². The first kappa shape index (κ1) is 23.5. The highest BCUT2D eigenvalue weighted by molar-refractivity contribution is 8.00. The minimum absolute atomic E-state index is 0.309. The van der Waals surface area contributed by atoms with E-state index in [9.17, 15) is 9.59 Å². The van der Waals surface area contributed by atoms with Crippen LogP contribution in [0.15, 0.2) is 83.8 Å². The number of tetrazole rings is 1. The van der Waals surface area contributed by atoms with Crippen LogP contribution in [0.4, 0.5) is 0 Å². The molecule has 0 fully saturated rings. The van der Waals surface area contributed by atoms with Crippen molar-refractivity contribution in [3.05, 3.63) is 95.0 Å². The minimum Gasteiger partial charge on any atom is -0.272 e. The fraction of sp³-hybridized carbons (Fsp3) is 0.125. The number of carbonyl (C=O) groups is 2. The Morgan fingerprint density at radius 3 is 2.38 bits per heavy atom. The van der Waals surface area contributed by atoms with Crippen LogP contribution in [0.2, 0.25) is 5.02 Å². The van der Waals surface area contributed by atoms with Gasteiger partial charge in [0.15, 0.2) is 0 Å². The molecular weight excluding hydrogens is 472 g/mol. The van der Waals surface area contributed by atoms with Gasteiger partial charge in [-0.2, -0.15) is 4.80 Å². The lowest BCUT2D eigenvalue weighted by atomic mass is 10.1. The smallest absolute Gasteiger partial charge is 0.269 e. The van der Waals surface area contributed by atoms with Crippen molar-refractivity contribution in [1.29, 1.82) is 0 Å². The van der Waals surface area contributed by atoms with Crippen molar-refractivity contribution in [3.8, 4) is 11.4 Å². The molecule has 1 heterocycles. The summed E-state index contributed by atoms with van der Waals surface area (Å²) in [5.41, 5.74) is 7.14. The van der Waals surface area contributed by atoms with Gasteiger partial charge >= 0.3 is 0 Å². The molecule has 0 aliphatic heterocycles.